The van der Waals surface area contributed by atoms with Gasteiger partial charge in [0.25, 0.3) is 0 Å². The minimum Gasteiger partial charge on any atom is -0.293 e. The molecule has 0 aromatic heterocycles. The van der Waals surface area contributed by atoms with Crippen LogP contribution in [-0.4, -0.2) is 11.1 Å². The van der Waals surface area contributed by atoms with Crippen LogP contribution in [0.4, 0.5) is 8.78 Å². The Hall–Kier alpha value is -0.770. The minimum absolute atomic E-state index is 0.0381. The van der Waals surface area contributed by atoms with Crippen molar-refractivity contribution in [2.75, 3.05) is 5.33 Å². The van der Waals surface area contributed by atoms with E-state index in [4.69, 9.17) is 0 Å². The summed E-state index contributed by atoms with van der Waals surface area (Å²) in [6, 6.07) is 1.85. The first kappa shape index (κ1) is 10.3. The van der Waals surface area contributed by atoms with Crippen molar-refractivity contribution in [2.45, 2.75) is 6.92 Å². The summed E-state index contributed by atoms with van der Waals surface area (Å²) in [6.45, 7) is 1.50. The number of hydrogen-bond donors (Lipinski definition) is 0. The molecule has 1 nitrogen and oxygen atoms in total. The van der Waals surface area contributed by atoms with Gasteiger partial charge in [-0.05, 0) is 18.6 Å². The van der Waals surface area contributed by atoms with Crippen LogP contribution in [-0.2, 0) is 0 Å². The van der Waals surface area contributed by atoms with Gasteiger partial charge in [0.2, 0.25) is 0 Å². The molecule has 0 heterocycles. The highest BCUT2D eigenvalue weighted by Gasteiger charge is 2.14. The molecule has 0 saturated carbocycles. The number of carbonyl (C=O) groups is 1. The zero-order valence-electron chi connectivity index (χ0n) is 6.90. The van der Waals surface area contributed by atoms with Crippen LogP contribution in [0.15, 0.2) is 12.1 Å². The van der Waals surface area contributed by atoms with Crippen molar-refractivity contribution in [3.63, 3.8) is 0 Å². The van der Waals surface area contributed by atoms with Crippen LogP contribution < -0.4 is 0 Å². The number of halogens is 3. The molecule has 70 valence electrons. The number of aryl methyl sites for hydroxylation is 1. The minimum atomic E-state index is -0.804. The molecule has 0 unspecified atom stereocenters. The Morgan fingerprint density at radius 2 is 2.08 bits per heavy atom. The molecule has 0 amide bonds. The van der Waals surface area contributed by atoms with E-state index < -0.39 is 11.6 Å². The molecular weight excluding hydrogens is 242 g/mol. The van der Waals surface area contributed by atoms with Crippen LogP contribution in [0.2, 0.25) is 0 Å². The fraction of sp³-hybridized carbons (Fsp3) is 0.222. The van der Waals surface area contributed by atoms with Gasteiger partial charge < -0.3 is 0 Å². The molecule has 1 aromatic rings. The normalized spacial score (nSPS) is 10.2. The lowest BCUT2D eigenvalue weighted by atomic mass is 10.1. The molecule has 0 spiro atoms. The molecule has 13 heavy (non-hydrogen) atoms. The average Bonchev–Trinajstić information content (AvgIpc) is 2.02. The predicted octanol–water partition coefficient (Wildman–Crippen LogP) is 2.85. The standard InChI is InChI=1S/C9H7BrF2O/c1-5-2-6(11)3-7(12)9(5)8(13)4-10/h2-3H,4H2,1H3. The second-order valence-electron chi connectivity index (χ2n) is 2.64. The van der Waals surface area contributed by atoms with E-state index in [1.165, 1.54) is 6.92 Å². The monoisotopic (exact) mass is 248 g/mol. The molecule has 1 aromatic carbocycles. The summed E-state index contributed by atoms with van der Waals surface area (Å²) in [6.07, 6.45) is 0. The van der Waals surface area contributed by atoms with Crippen LogP contribution in [0.1, 0.15) is 15.9 Å². The van der Waals surface area contributed by atoms with Gasteiger partial charge in [-0.15, -0.1) is 0 Å². The number of hydrogen-bond acceptors (Lipinski definition) is 1. The third kappa shape index (κ3) is 2.12. The lowest BCUT2D eigenvalue weighted by Gasteiger charge is -2.04. The van der Waals surface area contributed by atoms with Gasteiger partial charge in [-0.25, -0.2) is 8.78 Å². The first-order valence-electron chi connectivity index (χ1n) is 3.61. The molecule has 0 aliphatic heterocycles. The van der Waals surface area contributed by atoms with Gasteiger partial charge in [-0.2, -0.15) is 0 Å². The van der Waals surface area contributed by atoms with E-state index in [0.717, 1.165) is 6.07 Å². The van der Waals surface area contributed by atoms with Crippen LogP contribution in [0, 0.1) is 18.6 Å². The molecule has 0 radical (unpaired) electrons. The van der Waals surface area contributed by atoms with Gasteiger partial charge in [-0.3, -0.25) is 4.79 Å². The number of Topliss-reactive ketones (excluding diaryl/α,β-unsaturated/α-hetero) is 1. The second kappa shape index (κ2) is 3.96. The predicted molar refractivity (Wildman–Crippen MR) is 49.2 cm³/mol. The molecular formula is C9H7BrF2O. The highest BCUT2D eigenvalue weighted by molar-refractivity contribution is 9.09. The lowest BCUT2D eigenvalue weighted by Crippen LogP contribution is -2.06. The molecule has 0 saturated heterocycles. The maximum atomic E-state index is 13.1. The van der Waals surface area contributed by atoms with Gasteiger partial charge in [-0.1, -0.05) is 15.9 Å². The highest BCUT2D eigenvalue weighted by Crippen LogP contribution is 2.16. The maximum absolute atomic E-state index is 13.1. The van der Waals surface area contributed by atoms with E-state index in [-0.39, 0.29) is 16.7 Å². The Morgan fingerprint density at radius 3 is 2.54 bits per heavy atom. The molecule has 0 aliphatic rings. The maximum Gasteiger partial charge on any atom is 0.176 e. The number of carbonyl (C=O) groups excluding carboxylic acids is 1. The average molecular weight is 249 g/mol. The second-order valence-corrected chi connectivity index (χ2v) is 3.20. The van der Waals surface area contributed by atoms with Gasteiger partial charge >= 0.3 is 0 Å². The number of ketones is 1. The smallest absolute Gasteiger partial charge is 0.176 e. The fourth-order valence-corrected chi connectivity index (χ4v) is 1.40. The van der Waals surface area contributed by atoms with Gasteiger partial charge in [0.15, 0.2) is 5.78 Å². The summed E-state index contributed by atoms with van der Waals surface area (Å²) in [5.41, 5.74) is 0.278. The molecule has 0 bridgehead atoms. The van der Waals surface area contributed by atoms with E-state index >= 15 is 0 Å². The molecule has 4 heteroatoms. The lowest BCUT2D eigenvalue weighted by molar-refractivity contribution is 0.101. The van der Waals surface area contributed by atoms with E-state index in [1.807, 2.05) is 0 Å². The Bertz CT molecular complexity index is 326. The summed E-state index contributed by atoms with van der Waals surface area (Å²) < 4.78 is 25.7. The largest absolute Gasteiger partial charge is 0.293 e. The Morgan fingerprint density at radius 1 is 1.46 bits per heavy atom. The molecule has 0 N–H and O–H groups in total. The molecule has 0 fully saturated rings. The third-order valence-electron chi connectivity index (χ3n) is 1.65. The van der Waals surface area contributed by atoms with Crippen LogP contribution in [0.25, 0.3) is 0 Å². The van der Waals surface area contributed by atoms with Crippen molar-refractivity contribution in [1.29, 1.82) is 0 Å². The van der Waals surface area contributed by atoms with Gasteiger partial charge in [0.05, 0.1) is 10.9 Å². The summed E-state index contributed by atoms with van der Waals surface area (Å²) in [7, 11) is 0. The van der Waals surface area contributed by atoms with Gasteiger partial charge in [0, 0.05) is 6.07 Å². The van der Waals surface area contributed by atoms with Crippen molar-refractivity contribution in [3.05, 3.63) is 34.9 Å². The van der Waals surface area contributed by atoms with Crippen molar-refractivity contribution in [3.8, 4) is 0 Å². The fourth-order valence-electron chi connectivity index (χ4n) is 1.12. The van der Waals surface area contributed by atoms with Crippen molar-refractivity contribution in [1.82, 2.24) is 0 Å². The van der Waals surface area contributed by atoms with Crippen LogP contribution in [0.3, 0.4) is 0 Å². The summed E-state index contributed by atoms with van der Waals surface area (Å²) in [5, 5.41) is 0.0381. The van der Waals surface area contributed by atoms with E-state index in [9.17, 15) is 13.6 Å². The SMILES string of the molecule is Cc1cc(F)cc(F)c1C(=O)CBr. The van der Waals surface area contributed by atoms with E-state index in [2.05, 4.69) is 15.9 Å². The topological polar surface area (TPSA) is 17.1 Å². The first-order chi connectivity index (χ1) is 6.06. The number of alkyl halides is 1. The van der Waals surface area contributed by atoms with Crippen LogP contribution in [0.5, 0.6) is 0 Å². The molecule has 0 atom stereocenters. The Labute approximate surface area is 82.9 Å². The first-order valence-corrected chi connectivity index (χ1v) is 4.73. The zero-order chi connectivity index (χ0) is 10.0. The molecule has 0 aliphatic carbocycles. The molecule has 1 rings (SSSR count). The van der Waals surface area contributed by atoms with Crippen molar-refractivity contribution < 1.29 is 13.6 Å². The van der Waals surface area contributed by atoms with Gasteiger partial charge in [0.1, 0.15) is 11.6 Å². The highest BCUT2D eigenvalue weighted by atomic mass is 79.9. The van der Waals surface area contributed by atoms with Crippen molar-refractivity contribution in [2.24, 2.45) is 0 Å². The van der Waals surface area contributed by atoms with Crippen molar-refractivity contribution >= 4 is 21.7 Å². The summed E-state index contributed by atoms with van der Waals surface area (Å²) in [5.74, 6) is -1.85. The quantitative estimate of drug-likeness (QED) is 0.581. The summed E-state index contributed by atoms with van der Waals surface area (Å²) >= 11 is 2.93. The number of rotatable bonds is 2. The Kier molecular flexibility index (Phi) is 3.14. The number of benzene rings is 1. The van der Waals surface area contributed by atoms with Crippen LogP contribution >= 0.6 is 15.9 Å². The zero-order valence-corrected chi connectivity index (χ0v) is 8.49. The van der Waals surface area contributed by atoms with E-state index in [0.29, 0.717) is 11.6 Å². The third-order valence-corrected chi connectivity index (χ3v) is 2.16. The summed E-state index contributed by atoms with van der Waals surface area (Å²) in [4.78, 5) is 11.2. The van der Waals surface area contributed by atoms with E-state index in [1.54, 1.807) is 0 Å². The Balaban J connectivity index is 3.28.